The van der Waals surface area contributed by atoms with Crippen LogP contribution < -0.4 is 5.32 Å². The minimum atomic E-state index is -3.34. The molecule has 0 aliphatic carbocycles. The summed E-state index contributed by atoms with van der Waals surface area (Å²) >= 11 is 1.51. The average Bonchev–Trinajstić information content (AvgIpc) is 2.89. The molecule has 4 nitrogen and oxygen atoms in total. The number of thiophene rings is 1. The Morgan fingerprint density at radius 1 is 1.25 bits per heavy atom. The third kappa shape index (κ3) is 4.55. The molecule has 1 rings (SSSR count). The van der Waals surface area contributed by atoms with Gasteiger partial charge in [-0.1, -0.05) is 27.2 Å². The molecule has 1 aromatic rings. The smallest absolute Gasteiger partial charge is 0.244 e. The van der Waals surface area contributed by atoms with Crippen molar-refractivity contribution in [3.8, 4) is 0 Å². The molecule has 0 aliphatic rings. The van der Waals surface area contributed by atoms with E-state index in [0.717, 1.165) is 30.7 Å². The second-order valence-corrected chi connectivity index (χ2v) is 7.64. The second kappa shape index (κ2) is 8.77. The van der Waals surface area contributed by atoms with Gasteiger partial charge in [-0.15, -0.1) is 11.3 Å². The first kappa shape index (κ1) is 17.6. The average molecular weight is 319 g/mol. The van der Waals surface area contributed by atoms with Crippen LogP contribution in [-0.2, 0) is 16.6 Å². The van der Waals surface area contributed by atoms with Crippen molar-refractivity contribution in [1.29, 1.82) is 0 Å². The van der Waals surface area contributed by atoms with Crippen LogP contribution >= 0.6 is 11.3 Å². The monoisotopic (exact) mass is 318 g/mol. The van der Waals surface area contributed by atoms with Gasteiger partial charge in [0, 0.05) is 24.5 Å². The van der Waals surface area contributed by atoms with E-state index >= 15 is 0 Å². The van der Waals surface area contributed by atoms with Crippen molar-refractivity contribution in [3.63, 3.8) is 0 Å². The summed E-state index contributed by atoms with van der Waals surface area (Å²) in [6.07, 6.45) is 2.95. The molecule has 0 saturated heterocycles. The highest BCUT2D eigenvalue weighted by Crippen LogP contribution is 2.25. The number of hydrogen-bond donors (Lipinski definition) is 1. The Balaban J connectivity index is 2.88. The van der Waals surface area contributed by atoms with Crippen LogP contribution in [0.15, 0.2) is 16.3 Å². The first-order chi connectivity index (χ1) is 9.57. The predicted molar refractivity (Wildman–Crippen MR) is 85.7 cm³/mol. The topological polar surface area (TPSA) is 49.4 Å². The first-order valence-corrected chi connectivity index (χ1v) is 9.67. The number of sulfonamides is 1. The van der Waals surface area contributed by atoms with E-state index in [4.69, 9.17) is 0 Å². The molecule has 0 bridgehead atoms. The molecule has 0 saturated carbocycles. The Bertz CT molecular complexity index is 483. The van der Waals surface area contributed by atoms with Crippen LogP contribution in [0.4, 0.5) is 0 Å². The molecule has 0 aliphatic heterocycles. The van der Waals surface area contributed by atoms with Gasteiger partial charge in [0.2, 0.25) is 10.0 Å². The number of hydrogen-bond acceptors (Lipinski definition) is 4. The Labute approximate surface area is 127 Å². The van der Waals surface area contributed by atoms with Crippen LogP contribution in [0.3, 0.4) is 0 Å². The van der Waals surface area contributed by atoms with Crippen LogP contribution in [0.5, 0.6) is 0 Å². The SMILES string of the molecule is CCCCN(CC)S(=O)(=O)c1ccsc1CNCCC. The van der Waals surface area contributed by atoms with Crippen LogP contribution in [0, 0.1) is 0 Å². The highest BCUT2D eigenvalue weighted by Gasteiger charge is 2.25. The third-order valence-electron chi connectivity index (χ3n) is 3.15. The van der Waals surface area contributed by atoms with E-state index in [0.29, 0.717) is 24.5 Å². The van der Waals surface area contributed by atoms with Gasteiger partial charge in [0.25, 0.3) is 0 Å². The molecule has 20 heavy (non-hydrogen) atoms. The highest BCUT2D eigenvalue weighted by molar-refractivity contribution is 7.89. The van der Waals surface area contributed by atoms with E-state index in [2.05, 4.69) is 19.2 Å². The zero-order valence-corrected chi connectivity index (χ0v) is 14.3. The zero-order valence-electron chi connectivity index (χ0n) is 12.7. The van der Waals surface area contributed by atoms with Crippen LogP contribution in [0.25, 0.3) is 0 Å². The molecular weight excluding hydrogens is 292 g/mol. The van der Waals surface area contributed by atoms with E-state index in [1.54, 1.807) is 10.4 Å². The molecule has 1 N–H and O–H groups in total. The number of nitrogens with one attached hydrogen (secondary N) is 1. The minimum absolute atomic E-state index is 0.476. The van der Waals surface area contributed by atoms with E-state index in [9.17, 15) is 8.42 Å². The summed E-state index contributed by atoms with van der Waals surface area (Å²) in [5.41, 5.74) is 0. The van der Waals surface area contributed by atoms with Gasteiger partial charge in [-0.05, 0) is 30.8 Å². The maximum atomic E-state index is 12.7. The molecule has 6 heteroatoms. The van der Waals surface area contributed by atoms with Gasteiger partial charge in [0.05, 0.1) is 4.90 Å². The molecule has 0 atom stereocenters. The van der Waals surface area contributed by atoms with Crippen molar-refractivity contribution in [2.75, 3.05) is 19.6 Å². The molecule has 0 radical (unpaired) electrons. The largest absolute Gasteiger partial charge is 0.312 e. The quantitative estimate of drug-likeness (QED) is 0.675. The maximum Gasteiger partial charge on any atom is 0.244 e. The van der Waals surface area contributed by atoms with Gasteiger partial charge in [-0.2, -0.15) is 4.31 Å². The van der Waals surface area contributed by atoms with Crippen molar-refractivity contribution >= 4 is 21.4 Å². The summed E-state index contributed by atoms with van der Waals surface area (Å²) < 4.78 is 27.0. The molecular formula is C14H26N2O2S2. The fourth-order valence-corrected chi connectivity index (χ4v) is 4.86. The van der Waals surface area contributed by atoms with E-state index < -0.39 is 10.0 Å². The number of rotatable bonds is 10. The molecule has 0 amide bonds. The Morgan fingerprint density at radius 3 is 2.60 bits per heavy atom. The van der Waals surface area contributed by atoms with E-state index in [1.807, 2.05) is 12.3 Å². The van der Waals surface area contributed by atoms with Gasteiger partial charge >= 0.3 is 0 Å². The Morgan fingerprint density at radius 2 is 2.00 bits per heavy atom. The minimum Gasteiger partial charge on any atom is -0.312 e. The summed E-state index contributed by atoms with van der Waals surface area (Å²) in [5, 5.41) is 5.14. The van der Waals surface area contributed by atoms with Crippen molar-refractivity contribution in [1.82, 2.24) is 9.62 Å². The van der Waals surface area contributed by atoms with Crippen LogP contribution in [-0.4, -0.2) is 32.4 Å². The van der Waals surface area contributed by atoms with Gasteiger partial charge in [-0.25, -0.2) is 8.42 Å². The summed E-state index contributed by atoms with van der Waals surface area (Å²) in [5.74, 6) is 0. The number of unbranched alkanes of at least 4 members (excludes halogenated alkanes) is 1. The fraction of sp³-hybridized carbons (Fsp3) is 0.714. The van der Waals surface area contributed by atoms with E-state index in [-0.39, 0.29) is 0 Å². The van der Waals surface area contributed by atoms with Gasteiger partial charge in [0.1, 0.15) is 0 Å². The lowest BCUT2D eigenvalue weighted by atomic mass is 10.3. The maximum absolute atomic E-state index is 12.7. The third-order valence-corrected chi connectivity index (χ3v) is 6.26. The van der Waals surface area contributed by atoms with Gasteiger partial charge in [0.15, 0.2) is 0 Å². The first-order valence-electron chi connectivity index (χ1n) is 7.35. The summed E-state index contributed by atoms with van der Waals surface area (Å²) in [7, 11) is -3.34. The fourth-order valence-electron chi connectivity index (χ4n) is 1.99. The lowest BCUT2D eigenvalue weighted by Gasteiger charge is -2.20. The van der Waals surface area contributed by atoms with E-state index in [1.165, 1.54) is 11.3 Å². The van der Waals surface area contributed by atoms with Crippen molar-refractivity contribution in [3.05, 3.63) is 16.3 Å². The predicted octanol–water partition coefficient (Wildman–Crippen LogP) is 3.06. The van der Waals surface area contributed by atoms with Gasteiger partial charge in [-0.3, -0.25) is 0 Å². The Kier molecular flexibility index (Phi) is 7.72. The normalized spacial score (nSPS) is 12.2. The van der Waals surface area contributed by atoms with Crippen molar-refractivity contribution in [2.45, 2.75) is 51.5 Å². The summed E-state index contributed by atoms with van der Waals surface area (Å²) in [6, 6.07) is 1.73. The Hall–Kier alpha value is -0.430. The molecule has 116 valence electrons. The summed E-state index contributed by atoms with van der Waals surface area (Å²) in [4.78, 5) is 1.39. The molecule has 0 spiro atoms. The lowest BCUT2D eigenvalue weighted by Crippen LogP contribution is -2.32. The molecule has 0 unspecified atom stereocenters. The van der Waals surface area contributed by atoms with Crippen LogP contribution in [0.1, 0.15) is 44.9 Å². The van der Waals surface area contributed by atoms with Crippen molar-refractivity contribution in [2.24, 2.45) is 0 Å². The molecule has 1 heterocycles. The molecule has 0 aromatic carbocycles. The van der Waals surface area contributed by atoms with Gasteiger partial charge < -0.3 is 5.32 Å². The number of nitrogens with zero attached hydrogens (tertiary/aromatic N) is 1. The highest BCUT2D eigenvalue weighted by atomic mass is 32.2. The lowest BCUT2D eigenvalue weighted by molar-refractivity contribution is 0.418. The molecule has 1 aromatic heterocycles. The standard InChI is InChI=1S/C14H26N2O2S2/c1-4-7-10-16(6-3)20(17,18)14-8-11-19-13(14)12-15-9-5-2/h8,11,15H,4-7,9-10,12H2,1-3H3. The van der Waals surface area contributed by atoms with Crippen molar-refractivity contribution < 1.29 is 8.42 Å². The summed E-state index contributed by atoms with van der Waals surface area (Å²) in [6.45, 7) is 8.74. The second-order valence-electron chi connectivity index (χ2n) is 4.74. The van der Waals surface area contributed by atoms with Crippen LogP contribution in [0.2, 0.25) is 0 Å². The molecule has 0 fully saturated rings. The zero-order chi connectivity index (χ0) is 15.0.